The van der Waals surface area contributed by atoms with E-state index in [1.165, 1.54) is 0 Å². The van der Waals surface area contributed by atoms with Crippen LogP contribution in [0.2, 0.25) is 5.02 Å². The lowest BCUT2D eigenvalue weighted by Gasteiger charge is -2.18. The third-order valence-electron chi connectivity index (χ3n) is 6.38. The third-order valence-corrected chi connectivity index (χ3v) is 6.62. The monoisotopic (exact) mass is 520 g/mol. The number of benzene rings is 2. The van der Waals surface area contributed by atoms with Gasteiger partial charge in [-0.15, -0.1) is 0 Å². The molecule has 2 heterocycles. The highest BCUT2D eigenvalue weighted by Crippen LogP contribution is 2.28. The molecule has 0 spiro atoms. The van der Waals surface area contributed by atoms with E-state index in [0.29, 0.717) is 40.6 Å². The molecule has 0 aliphatic heterocycles. The zero-order chi connectivity index (χ0) is 26.5. The van der Waals surface area contributed by atoms with E-state index in [9.17, 15) is 4.79 Å². The Kier molecular flexibility index (Phi) is 8.41. The van der Waals surface area contributed by atoms with Gasteiger partial charge >= 0.3 is 0 Å². The first-order valence-electron chi connectivity index (χ1n) is 12.4. The molecule has 0 radical (unpaired) electrons. The minimum atomic E-state index is -0.208. The summed E-state index contributed by atoms with van der Waals surface area (Å²) in [7, 11) is 3.70. The van der Waals surface area contributed by atoms with Gasteiger partial charge in [-0.1, -0.05) is 11.6 Å². The molecule has 8 nitrogen and oxygen atoms in total. The van der Waals surface area contributed by atoms with E-state index >= 15 is 0 Å². The lowest BCUT2D eigenvalue weighted by Crippen LogP contribution is -2.27. The number of carbonyl (C=O) groups is 1. The number of aromatic nitrogens is 4. The Labute approximate surface area is 222 Å². The summed E-state index contributed by atoms with van der Waals surface area (Å²) >= 11 is 6.29. The molecule has 2 aromatic heterocycles. The number of carbonyl (C=O) groups excluding carboxylic acids is 1. The Balaban J connectivity index is 1.67. The Morgan fingerprint density at radius 2 is 1.97 bits per heavy atom. The average molecular weight is 521 g/mol. The van der Waals surface area contributed by atoms with Crippen LogP contribution in [0, 0.1) is 13.8 Å². The van der Waals surface area contributed by atoms with Gasteiger partial charge in [-0.25, -0.2) is 9.97 Å². The van der Waals surface area contributed by atoms with Crippen molar-refractivity contribution in [1.82, 2.24) is 30.0 Å². The van der Waals surface area contributed by atoms with Crippen LogP contribution in [0.5, 0.6) is 5.75 Å². The predicted molar refractivity (Wildman–Crippen MR) is 147 cm³/mol. The van der Waals surface area contributed by atoms with Crippen LogP contribution in [0.15, 0.2) is 42.6 Å². The van der Waals surface area contributed by atoms with Crippen LogP contribution < -0.4 is 10.1 Å². The molecule has 1 amide bonds. The number of hydrogen-bond donors (Lipinski definition) is 1. The van der Waals surface area contributed by atoms with Crippen LogP contribution >= 0.6 is 11.6 Å². The molecule has 194 valence electrons. The van der Waals surface area contributed by atoms with E-state index in [2.05, 4.69) is 10.4 Å². The largest absolute Gasteiger partial charge is 0.493 e. The molecule has 37 heavy (non-hydrogen) atoms. The number of nitrogens with one attached hydrogen (secondary N) is 1. The van der Waals surface area contributed by atoms with Crippen LogP contribution in [0.1, 0.15) is 40.7 Å². The Morgan fingerprint density at radius 1 is 1.16 bits per heavy atom. The molecule has 4 rings (SSSR count). The molecule has 0 saturated carbocycles. The highest BCUT2D eigenvalue weighted by atomic mass is 35.5. The maximum absolute atomic E-state index is 13.7. The normalized spacial score (nSPS) is 11.2. The van der Waals surface area contributed by atoms with Crippen LogP contribution in [-0.4, -0.2) is 57.8 Å². The number of amides is 1. The summed E-state index contributed by atoms with van der Waals surface area (Å²) in [6.45, 7) is 8.79. The molecule has 1 N–H and O–H groups in total. The minimum Gasteiger partial charge on any atom is -0.493 e. The summed E-state index contributed by atoms with van der Waals surface area (Å²) in [4.78, 5) is 24.8. The number of hydrogen-bond acceptors (Lipinski definition) is 6. The van der Waals surface area contributed by atoms with Crippen LogP contribution in [0.3, 0.4) is 0 Å². The van der Waals surface area contributed by atoms with Gasteiger partial charge in [-0.2, -0.15) is 5.10 Å². The van der Waals surface area contributed by atoms with E-state index in [1.807, 2.05) is 63.0 Å². The predicted octanol–water partition coefficient (Wildman–Crippen LogP) is 5.04. The zero-order valence-electron chi connectivity index (χ0n) is 22.0. The molecule has 0 aliphatic carbocycles. The second kappa shape index (κ2) is 11.7. The Bertz CT molecular complexity index is 1420. The van der Waals surface area contributed by atoms with Gasteiger partial charge in [0.2, 0.25) is 0 Å². The number of halogens is 1. The van der Waals surface area contributed by atoms with Crippen molar-refractivity contribution in [1.29, 1.82) is 0 Å². The molecule has 0 bridgehead atoms. The molecule has 0 saturated heterocycles. The molecule has 0 fully saturated rings. The lowest BCUT2D eigenvalue weighted by atomic mass is 10.1. The fourth-order valence-corrected chi connectivity index (χ4v) is 4.41. The van der Waals surface area contributed by atoms with Gasteiger partial charge in [0.25, 0.3) is 5.91 Å². The maximum Gasteiger partial charge on any atom is 0.273 e. The summed E-state index contributed by atoms with van der Waals surface area (Å²) in [5.41, 5.74) is 4.81. The number of nitrogens with zero attached hydrogens (tertiary/aromatic N) is 5. The SMILES string of the molecule is CCn1ncc(CN(C)C(=O)c2nc(-c3ccc(OCCCNC)c(C)c3)nc3ccc(Cl)cc23)c1C. The van der Waals surface area contributed by atoms with Gasteiger partial charge < -0.3 is 15.0 Å². The van der Waals surface area contributed by atoms with Gasteiger partial charge in [0.15, 0.2) is 5.82 Å². The molecular weight excluding hydrogens is 488 g/mol. The topological polar surface area (TPSA) is 85.2 Å². The van der Waals surface area contributed by atoms with E-state index in [-0.39, 0.29) is 5.91 Å². The summed E-state index contributed by atoms with van der Waals surface area (Å²) in [5.74, 6) is 1.10. The Hall–Kier alpha value is -3.49. The van der Waals surface area contributed by atoms with Crippen molar-refractivity contribution < 1.29 is 9.53 Å². The quantitative estimate of drug-likeness (QED) is 0.295. The zero-order valence-corrected chi connectivity index (χ0v) is 22.8. The van der Waals surface area contributed by atoms with Crippen molar-refractivity contribution in [2.24, 2.45) is 0 Å². The number of aryl methyl sites for hydroxylation is 2. The van der Waals surface area contributed by atoms with Crippen molar-refractivity contribution in [2.45, 2.75) is 40.3 Å². The molecule has 0 aliphatic rings. The number of ether oxygens (including phenoxy) is 1. The van der Waals surface area contributed by atoms with Crippen molar-refractivity contribution in [3.63, 3.8) is 0 Å². The fraction of sp³-hybridized carbons (Fsp3) is 0.357. The summed E-state index contributed by atoms with van der Waals surface area (Å²) < 4.78 is 7.84. The maximum atomic E-state index is 13.7. The molecule has 2 aromatic carbocycles. The van der Waals surface area contributed by atoms with E-state index in [4.69, 9.17) is 26.3 Å². The summed E-state index contributed by atoms with van der Waals surface area (Å²) in [5, 5.41) is 8.66. The summed E-state index contributed by atoms with van der Waals surface area (Å²) in [6.07, 6.45) is 2.74. The second-order valence-corrected chi connectivity index (χ2v) is 9.51. The smallest absolute Gasteiger partial charge is 0.273 e. The third kappa shape index (κ3) is 5.92. The highest BCUT2D eigenvalue weighted by molar-refractivity contribution is 6.31. The Morgan fingerprint density at radius 3 is 2.68 bits per heavy atom. The van der Waals surface area contributed by atoms with Crippen LogP contribution in [0.4, 0.5) is 0 Å². The standard InChI is InChI=1S/C28H33ClN6O2/c1-6-35-19(3)21(16-31-35)17-34(5)28(36)26-23-15-22(29)9-10-24(23)32-27(33-26)20-8-11-25(18(2)14-20)37-13-7-12-30-4/h8-11,14-16,30H,6-7,12-13,17H2,1-5H3. The van der Waals surface area contributed by atoms with Crippen LogP contribution in [-0.2, 0) is 13.1 Å². The highest BCUT2D eigenvalue weighted by Gasteiger charge is 2.21. The molecule has 4 aromatic rings. The number of rotatable bonds is 10. The van der Waals surface area contributed by atoms with Crippen molar-refractivity contribution in [3.05, 3.63) is 70.1 Å². The molecule has 9 heteroatoms. The van der Waals surface area contributed by atoms with Crippen molar-refractivity contribution in [3.8, 4) is 17.1 Å². The van der Waals surface area contributed by atoms with Gasteiger partial charge in [0, 0.05) is 47.4 Å². The van der Waals surface area contributed by atoms with Gasteiger partial charge in [0.05, 0.1) is 18.3 Å². The van der Waals surface area contributed by atoms with Gasteiger partial charge in [-0.05, 0) is 82.7 Å². The minimum absolute atomic E-state index is 0.208. The lowest BCUT2D eigenvalue weighted by molar-refractivity contribution is 0.0781. The van der Waals surface area contributed by atoms with E-state index < -0.39 is 0 Å². The number of fused-ring (bicyclic) bond motifs is 1. The van der Waals surface area contributed by atoms with E-state index in [0.717, 1.165) is 47.6 Å². The molecule has 0 unspecified atom stereocenters. The first kappa shape index (κ1) is 26.6. The fourth-order valence-electron chi connectivity index (χ4n) is 4.24. The summed E-state index contributed by atoms with van der Waals surface area (Å²) in [6, 6.07) is 11.2. The molecular formula is C28H33ClN6O2. The van der Waals surface area contributed by atoms with Crippen molar-refractivity contribution in [2.75, 3.05) is 27.2 Å². The van der Waals surface area contributed by atoms with E-state index in [1.54, 1.807) is 24.1 Å². The average Bonchev–Trinajstić information content (AvgIpc) is 3.25. The second-order valence-electron chi connectivity index (χ2n) is 9.08. The van der Waals surface area contributed by atoms with Gasteiger partial charge in [0.1, 0.15) is 11.4 Å². The first-order chi connectivity index (χ1) is 17.8. The molecule has 0 atom stereocenters. The van der Waals surface area contributed by atoms with Gasteiger partial charge in [-0.3, -0.25) is 9.48 Å². The first-order valence-corrected chi connectivity index (χ1v) is 12.8. The van der Waals surface area contributed by atoms with Crippen LogP contribution in [0.25, 0.3) is 22.3 Å². The van der Waals surface area contributed by atoms with Crippen molar-refractivity contribution >= 4 is 28.4 Å².